The molecule has 0 aliphatic heterocycles. The zero-order valence-corrected chi connectivity index (χ0v) is 29.9. The molecule has 0 atom stereocenters. The highest BCUT2D eigenvalue weighted by atomic mass is 15.1. The summed E-state index contributed by atoms with van der Waals surface area (Å²) < 4.78 is 0. The van der Waals surface area contributed by atoms with Gasteiger partial charge in [-0.25, -0.2) is 0 Å². The van der Waals surface area contributed by atoms with Crippen LogP contribution >= 0.6 is 0 Å². The molecule has 0 heterocycles. The van der Waals surface area contributed by atoms with Crippen molar-refractivity contribution in [2.24, 2.45) is 23.7 Å². The van der Waals surface area contributed by atoms with E-state index in [2.05, 4.69) is 169 Å². The largest absolute Gasteiger partial charge is 0.310 e. The van der Waals surface area contributed by atoms with Crippen LogP contribution in [0, 0.1) is 23.7 Å². The molecule has 1 heteroatoms. The lowest BCUT2D eigenvalue weighted by molar-refractivity contribution is -0.0399. The summed E-state index contributed by atoms with van der Waals surface area (Å²) in [7, 11) is 0. The molecule has 0 N–H and O–H groups in total. The summed E-state index contributed by atoms with van der Waals surface area (Å²) in [6, 6.07) is 61.9. The van der Waals surface area contributed by atoms with Gasteiger partial charge in [-0.15, -0.1) is 0 Å². The van der Waals surface area contributed by atoms with Crippen molar-refractivity contribution < 1.29 is 0 Å². The van der Waals surface area contributed by atoms with E-state index in [9.17, 15) is 0 Å². The van der Waals surface area contributed by atoms with Gasteiger partial charge in [-0.05, 0) is 152 Å². The molecular formula is C52H41N. The first kappa shape index (κ1) is 29.9. The number of benzene rings is 8. The molecule has 0 amide bonds. The Labute approximate surface area is 311 Å². The lowest BCUT2D eigenvalue weighted by Crippen LogP contribution is -2.55. The van der Waals surface area contributed by atoms with Crippen molar-refractivity contribution in [3.8, 4) is 22.3 Å². The molecule has 4 saturated carbocycles. The van der Waals surface area contributed by atoms with Gasteiger partial charge in [0.1, 0.15) is 0 Å². The molecule has 4 bridgehead atoms. The summed E-state index contributed by atoms with van der Waals surface area (Å²) in [5.41, 5.74) is 12.5. The molecule has 1 spiro atoms. The molecule has 0 radical (unpaired) electrons. The fourth-order valence-electron chi connectivity index (χ4n) is 12.1. The van der Waals surface area contributed by atoms with E-state index in [0.717, 1.165) is 35.0 Å². The van der Waals surface area contributed by atoms with Crippen LogP contribution in [0.2, 0.25) is 0 Å². The Kier molecular flexibility index (Phi) is 6.30. The zero-order chi connectivity index (χ0) is 34.7. The monoisotopic (exact) mass is 679 g/mol. The Morgan fingerprint density at radius 2 is 1.00 bits per heavy atom. The maximum Gasteiger partial charge on any atom is 0.0546 e. The normalized spacial score (nSPS) is 23.5. The van der Waals surface area contributed by atoms with E-state index in [1.54, 1.807) is 11.1 Å². The summed E-state index contributed by atoms with van der Waals surface area (Å²) in [4.78, 5) is 2.46. The van der Waals surface area contributed by atoms with Gasteiger partial charge in [0.25, 0.3) is 0 Å². The molecule has 5 aliphatic carbocycles. The van der Waals surface area contributed by atoms with Crippen molar-refractivity contribution in [1.29, 1.82) is 0 Å². The zero-order valence-electron chi connectivity index (χ0n) is 29.9. The van der Waals surface area contributed by atoms with Gasteiger partial charge >= 0.3 is 0 Å². The molecule has 4 fully saturated rings. The lowest BCUT2D eigenvalue weighted by Gasteiger charge is -2.61. The Morgan fingerprint density at radius 3 is 1.79 bits per heavy atom. The number of hydrogen-bond donors (Lipinski definition) is 0. The van der Waals surface area contributed by atoms with Gasteiger partial charge in [0, 0.05) is 22.2 Å². The van der Waals surface area contributed by atoms with Crippen molar-refractivity contribution in [1.82, 2.24) is 0 Å². The molecule has 8 aromatic rings. The van der Waals surface area contributed by atoms with Crippen LogP contribution in [0.25, 0.3) is 54.6 Å². The summed E-state index contributed by atoms with van der Waals surface area (Å²) in [6.45, 7) is 0. The predicted octanol–water partition coefficient (Wildman–Crippen LogP) is 14.0. The topological polar surface area (TPSA) is 3.24 Å². The quantitative estimate of drug-likeness (QED) is 0.167. The van der Waals surface area contributed by atoms with E-state index in [-0.39, 0.29) is 5.41 Å². The molecule has 8 aromatic carbocycles. The SMILES string of the molecule is c1ccc2c(c1)-c1cc(-c3ccc(N(c4ccc5ccccc5c4)c4cc5ccccc5c5ccccc45)cc3)ccc1C21C2CC3CC(C2)CC1C3. The minimum atomic E-state index is 0.213. The number of nitrogens with zero attached hydrogens (tertiary/aromatic N) is 1. The highest BCUT2D eigenvalue weighted by Gasteiger charge is 2.61. The molecule has 0 saturated heterocycles. The maximum atomic E-state index is 2.55. The highest BCUT2D eigenvalue weighted by Crippen LogP contribution is 2.69. The van der Waals surface area contributed by atoms with Crippen molar-refractivity contribution in [2.45, 2.75) is 37.5 Å². The average molecular weight is 680 g/mol. The van der Waals surface area contributed by atoms with Crippen LogP contribution in [0.5, 0.6) is 0 Å². The van der Waals surface area contributed by atoms with E-state index < -0.39 is 0 Å². The van der Waals surface area contributed by atoms with E-state index in [1.165, 1.54) is 92.4 Å². The fourth-order valence-corrected chi connectivity index (χ4v) is 12.1. The second-order valence-electron chi connectivity index (χ2n) is 16.6. The van der Waals surface area contributed by atoms with Gasteiger partial charge in [0.2, 0.25) is 0 Å². The first-order chi connectivity index (χ1) is 26.2. The van der Waals surface area contributed by atoms with E-state index in [4.69, 9.17) is 0 Å². The molecule has 1 nitrogen and oxygen atoms in total. The molecule has 254 valence electrons. The van der Waals surface area contributed by atoms with Crippen LogP contribution in [-0.4, -0.2) is 0 Å². The van der Waals surface area contributed by atoms with Crippen LogP contribution in [0.1, 0.15) is 43.2 Å². The van der Waals surface area contributed by atoms with Gasteiger partial charge in [-0.1, -0.05) is 127 Å². The minimum Gasteiger partial charge on any atom is -0.310 e. The third-order valence-electron chi connectivity index (χ3n) is 14.0. The standard InChI is InChI=1S/C52H41N/c1-2-10-37-30-43(23-19-35(37)9-1)53(51-32-39-11-3-4-12-44(39)45-13-5-6-15-47(45)51)42-21-17-36(18-22-42)38-20-24-50-48(31-38)46-14-7-8-16-49(46)52(50)40-26-33-25-34(28-40)29-41(52)27-33/h1-24,30-34,40-41H,25-29H2. The van der Waals surface area contributed by atoms with Crippen LogP contribution in [0.3, 0.4) is 0 Å². The molecule has 0 unspecified atom stereocenters. The number of hydrogen-bond acceptors (Lipinski definition) is 1. The van der Waals surface area contributed by atoms with Crippen molar-refractivity contribution in [2.75, 3.05) is 4.90 Å². The maximum absolute atomic E-state index is 2.55. The van der Waals surface area contributed by atoms with Crippen molar-refractivity contribution in [3.05, 3.63) is 175 Å². The minimum absolute atomic E-state index is 0.213. The van der Waals surface area contributed by atoms with Gasteiger partial charge < -0.3 is 4.90 Å². The van der Waals surface area contributed by atoms with Crippen molar-refractivity contribution in [3.63, 3.8) is 0 Å². The lowest BCUT2D eigenvalue weighted by atomic mass is 9.43. The molecule has 13 rings (SSSR count). The third-order valence-corrected chi connectivity index (χ3v) is 14.0. The van der Waals surface area contributed by atoms with Crippen LogP contribution in [-0.2, 0) is 5.41 Å². The predicted molar refractivity (Wildman–Crippen MR) is 222 cm³/mol. The molecule has 53 heavy (non-hydrogen) atoms. The Bertz CT molecular complexity index is 2730. The van der Waals surface area contributed by atoms with Gasteiger partial charge in [-0.3, -0.25) is 0 Å². The van der Waals surface area contributed by atoms with E-state index in [1.807, 2.05) is 0 Å². The molecular weight excluding hydrogens is 639 g/mol. The Hall–Kier alpha value is -5.66. The van der Waals surface area contributed by atoms with Crippen LogP contribution in [0.4, 0.5) is 17.1 Å². The van der Waals surface area contributed by atoms with Gasteiger partial charge in [-0.2, -0.15) is 0 Å². The summed E-state index contributed by atoms with van der Waals surface area (Å²) >= 11 is 0. The molecule has 0 aromatic heterocycles. The second kappa shape index (κ2) is 11.2. The third kappa shape index (κ3) is 4.25. The van der Waals surface area contributed by atoms with E-state index in [0.29, 0.717) is 0 Å². The van der Waals surface area contributed by atoms with Gasteiger partial charge in [0.15, 0.2) is 0 Å². The highest BCUT2D eigenvalue weighted by molar-refractivity contribution is 6.14. The average Bonchev–Trinajstić information content (AvgIpc) is 3.50. The second-order valence-corrected chi connectivity index (χ2v) is 16.6. The van der Waals surface area contributed by atoms with E-state index >= 15 is 0 Å². The van der Waals surface area contributed by atoms with Crippen LogP contribution in [0.15, 0.2) is 164 Å². The number of rotatable bonds is 4. The summed E-state index contributed by atoms with van der Waals surface area (Å²) in [5.74, 6) is 3.50. The van der Waals surface area contributed by atoms with Crippen LogP contribution < -0.4 is 4.90 Å². The number of fused-ring (bicyclic) bond motifs is 7. The van der Waals surface area contributed by atoms with Gasteiger partial charge in [0.05, 0.1) is 5.69 Å². The first-order valence-electron chi connectivity index (χ1n) is 19.8. The number of anilines is 3. The Morgan fingerprint density at radius 1 is 0.396 bits per heavy atom. The summed E-state index contributed by atoms with van der Waals surface area (Å²) in [6.07, 6.45) is 7.17. The summed E-state index contributed by atoms with van der Waals surface area (Å²) in [5, 5.41) is 7.56. The molecule has 5 aliphatic rings. The Balaban J connectivity index is 0.994. The smallest absolute Gasteiger partial charge is 0.0546 e. The fraction of sp³-hybridized carbons (Fsp3) is 0.192. The van der Waals surface area contributed by atoms with Crippen molar-refractivity contribution >= 4 is 49.4 Å². The first-order valence-corrected chi connectivity index (χ1v) is 19.8.